The lowest BCUT2D eigenvalue weighted by molar-refractivity contribution is -0.151. The van der Waals surface area contributed by atoms with Crippen molar-refractivity contribution in [1.82, 2.24) is 0 Å². The lowest BCUT2D eigenvalue weighted by Gasteiger charge is -2.22. The van der Waals surface area contributed by atoms with Gasteiger partial charge < -0.3 is 9.84 Å². The normalized spacial score (nSPS) is 12.9. The third kappa shape index (κ3) is 4.10. The summed E-state index contributed by atoms with van der Waals surface area (Å²) in [5.74, 6) is -0.574. The first-order valence-electron chi connectivity index (χ1n) is 5.57. The van der Waals surface area contributed by atoms with Crippen LogP contribution in [0.2, 0.25) is 0 Å². The molecule has 18 heavy (non-hydrogen) atoms. The van der Waals surface area contributed by atoms with E-state index in [-0.39, 0.29) is 5.57 Å². The van der Waals surface area contributed by atoms with Crippen molar-refractivity contribution in [3.63, 3.8) is 0 Å². The van der Waals surface area contributed by atoms with Gasteiger partial charge in [-0.15, -0.1) is 0 Å². The number of esters is 1. The Kier molecular flexibility index (Phi) is 4.92. The summed E-state index contributed by atoms with van der Waals surface area (Å²) in [6.07, 6.45) is -1.03. The van der Waals surface area contributed by atoms with Crippen LogP contribution in [-0.4, -0.2) is 16.7 Å². The van der Waals surface area contributed by atoms with E-state index in [1.165, 1.54) is 0 Å². The van der Waals surface area contributed by atoms with Gasteiger partial charge in [0, 0.05) is 3.57 Å². The molecule has 1 unspecified atom stereocenters. The van der Waals surface area contributed by atoms with E-state index in [1.54, 1.807) is 26.8 Å². The summed E-state index contributed by atoms with van der Waals surface area (Å²) in [6, 6.07) is 7.31. The smallest absolute Gasteiger partial charge is 0.336 e. The van der Waals surface area contributed by atoms with E-state index >= 15 is 0 Å². The fourth-order valence-corrected chi connectivity index (χ4v) is 2.02. The molecule has 0 aliphatic carbocycles. The molecule has 98 valence electrons. The van der Waals surface area contributed by atoms with Crippen molar-refractivity contribution in [3.05, 3.63) is 45.6 Å². The van der Waals surface area contributed by atoms with Crippen LogP contribution in [0.3, 0.4) is 0 Å². The summed E-state index contributed by atoms with van der Waals surface area (Å²) in [4.78, 5) is 11.8. The molecule has 0 saturated carbocycles. The second kappa shape index (κ2) is 5.84. The Morgan fingerprint density at radius 1 is 1.39 bits per heavy atom. The highest BCUT2D eigenvalue weighted by molar-refractivity contribution is 14.1. The first-order valence-corrected chi connectivity index (χ1v) is 6.65. The third-order valence-corrected chi connectivity index (χ3v) is 3.17. The second-order valence-electron chi connectivity index (χ2n) is 4.95. The molecule has 0 bridgehead atoms. The van der Waals surface area contributed by atoms with Crippen molar-refractivity contribution in [2.45, 2.75) is 32.5 Å². The molecule has 0 aliphatic rings. The molecule has 0 spiro atoms. The number of ether oxygens (including phenoxy) is 1. The van der Waals surface area contributed by atoms with E-state index < -0.39 is 17.7 Å². The number of benzene rings is 1. The van der Waals surface area contributed by atoms with Crippen LogP contribution in [0.25, 0.3) is 0 Å². The third-order valence-electron chi connectivity index (χ3n) is 2.19. The molecular formula is C14H17IO3. The van der Waals surface area contributed by atoms with Crippen molar-refractivity contribution in [3.8, 4) is 0 Å². The van der Waals surface area contributed by atoms with Crippen LogP contribution in [0.5, 0.6) is 0 Å². The van der Waals surface area contributed by atoms with Crippen LogP contribution in [0, 0.1) is 3.57 Å². The SMILES string of the molecule is C=C(C(=O)OC(C)(C)C)C(O)c1ccccc1I. The highest BCUT2D eigenvalue weighted by Gasteiger charge is 2.25. The van der Waals surface area contributed by atoms with Gasteiger partial charge >= 0.3 is 5.97 Å². The zero-order valence-corrected chi connectivity index (χ0v) is 12.9. The minimum atomic E-state index is -1.03. The molecule has 0 saturated heterocycles. The molecule has 1 N–H and O–H groups in total. The Morgan fingerprint density at radius 2 is 1.94 bits per heavy atom. The number of aliphatic hydroxyl groups excluding tert-OH is 1. The number of rotatable bonds is 3. The maximum Gasteiger partial charge on any atom is 0.336 e. The van der Waals surface area contributed by atoms with Gasteiger partial charge in [-0.2, -0.15) is 0 Å². The monoisotopic (exact) mass is 360 g/mol. The average molecular weight is 360 g/mol. The van der Waals surface area contributed by atoms with Crippen LogP contribution in [0.15, 0.2) is 36.4 Å². The summed E-state index contributed by atoms with van der Waals surface area (Å²) in [5, 5.41) is 10.1. The highest BCUT2D eigenvalue weighted by Crippen LogP contribution is 2.26. The Hall–Kier alpha value is -0.880. The highest BCUT2D eigenvalue weighted by atomic mass is 127. The molecule has 1 rings (SSSR count). The first-order chi connectivity index (χ1) is 8.22. The largest absolute Gasteiger partial charge is 0.457 e. The maximum absolute atomic E-state index is 11.8. The van der Waals surface area contributed by atoms with Gasteiger partial charge in [-0.1, -0.05) is 24.8 Å². The molecule has 0 fully saturated rings. The number of hydrogen-bond donors (Lipinski definition) is 1. The molecule has 0 aromatic heterocycles. The zero-order valence-electron chi connectivity index (χ0n) is 10.7. The van der Waals surface area contributed by atoms with E-state index in [0.717, 1.165) is 3.57 Å². The number of carbonyl (C=O) groups is 1. The predicted octanol–water partition coefficient (Wildman–Crippen LogP) is 3.22. The minimum absolute atomic E-state index is 0.0500. The van der Waals surface area contributed by atoms with Crippen molar-refractivity contribution >= 4 is 28.6 Å². The van der Waals surface area contributed by atoms with Gasteiger partial charge in [-0.3, -0.25) is 0 Å². The number of halogens is 1. The van der Waals surface area contributed by atoms with Gasteiger partial charge in [0.2, 0.25) is 0 Å². The van der Waals surface area contributed by atoms with Crippen LogP contribution in [0.1, 0.15) is 32.4 Å². The van der Waals surface area contributed by atoms with Crippen LogP contribution >= 0.6 is 22.6 Å². The zero-order chi connectivity index (χ0) is 13.9. The molecule has 0 heterocycles. The molecule has 4 heteroatoms. The lowest BCUT2D eigenvalue weighted by atomic mass is 10.0. The topological polar surface area (TPSA) is 46.5 Å². The predicted molar refractivity (Wildman–Crippen MR) is 79.1 cm³/mol. The number of hydrogen-bond acceptors (Lipinski definition) is 3. The molecular weight excluding hydrogens is 343 g/mol. The first kappa shape index (κ1) is 15.2. The molecule has 1 aromatic rings. The number of carbonyl (C=O) groups excluding carboxylic acids is 1. The minimum Gasteiger partial charge on any atom is -0.457 e. The van der Waals surface area contributed by atoms with Crippen LogP contribution in [0.4, 0.5) is 0 Å². The van der Waals surface area contributed by atoms with E-state index in [4.69, 9.17) is 4.74 Å². The van der Waals surface area contributed by atoms with Crippen molar-refractivity contribution in [2.24, 2.45) is 0 Å². The second-order valence-corrected chi connectivity index (χ2v) is 6.11. The Morgan fingerprint density at radius 3 is 2.44 bits per heavy atom. The summed E-state index contributed by atoms with van der Waals surface area (Å²) in [7, 11) is 0. The standard InChI is InChI=1S/C14H17IO3/c1-9(13(17)18-14(2,3)4)12(16)10-7-5-6-8-11(10)15/h5-8,12,16H,1H2,2-4H3. The van der Waals surface area contributed by atoms with Crippen LogP contribution < -0.4 is 0 Å². The summed E-state index contributed by atoms with van der Waals surface area (Å²) in [5.41, 5.74) is 0.117. The number of aliphatic hydroxyl groups is 1. The van der Waals surface area contributed by atoms with Gasteiger partial charge in [0.05, 0.1) is 5.57 Å². The maximum atomic E-state index is 11.8. The fraction of sp³-hybridized carbons (Fsp3) is 0.357. The fourth-order valence-electron chi connectivity index (χ4n) is 1.34. The van der Waals surface area contributed by atoms with Gasteiger partial charge in [0.25, 0.3) is 0 Å². The van der Waals surface area contributed by atoms with Crippen molar-refractivity contribution < 1.29 is 14.6 Å². The summed E-state index contributed by atoms with van der Waals surface area (Å²) < 4.78 is 6.06. The molecule has 0 amide bonds. The molecule has 1 aromatic carbocycles. The molecule has 1 atom stereocenters. The van der Waals surface area contributed by atoms with Gasteiger partial charge in [-0.05, 0) is 55.0 Å². The quantitative estimate of drug-likeness (QED) is 0.512. The van der Waals surface area contributed by atoms with E-state index in [1.807, 2.05) is 18.2 Å². The van der Waals surface area contributed by atoms with Crippen molar-refractivity contribution in [2.75, 3.05) is 0 Å². The van der Waals surface area contributed by atoms with E-state index in [9.17, 15) is 9.90 Å². The van der Waals surface area contributed by atoms with Gasteiger partial charge in [0.15, 0.2) is 0 Å². The Bertz CT molecular complexity index is 460. The molecule has 0 aliphatic heterocycles. The molecule has 3 nitrogen and oxygen atoms in total. The average Bonchev–Trinajstić information content (AvgIpc) is 2.25. The summed E-state index contributed by atoms with van der Waals surface area (Å²) >= 11 is 2.11. The lowest BCUT2D eigenvalue weighted by Crippen LogP contribution is -2.26. The van der Waals surface area contributed by atoms with E-state index in [0.29, 0.717) is 5.56 Å². The summed E-state index contributed by atoms with van der Waals surface area (Å²) in [6.45, 7) is 8.95. The van der Waals surface area contributed by atoms with E-state index in [2.05, 4.69) is 29.2 Å². The van der Waals surface area contributed by atoms with Crippen LogP contribution in [-0.2, 0) is 9.53 Å². The van der Waals surface area contributed by atoms with Gasteiger partial charge in [0.1, 0.15) is 11.7 Å². The Balaban J connectivity index is 2.85. The Labute approximate surface area is 121 Å². The van der Waals surface area contributed by atoms with Crippen molar-refractivity contribution in [1.29, 1.82) is 0 Å². The molecule has 0 radical (unpaired) electrons. The van der Waals surface area contributed by atoms with Gasteiger partial charge in [-0.25, -0.2) is 4.79 Å².